The Morgan fingerprint density at radius 3 is 1.82 bits per heavy atom. The summed E-state index contributed by atoms with van der Waals surface area (Å²) in [5.41, 5.74) is 1.93. The molecule has 3 N–H and O–H groups in total. The van der Waals surface area contributed by atoms with Gasteiger partial charge in [-0.1, -0.05) is 56.4 Å². The molecule has 0 bridgehead atoms. The average Bonchev–Trinajstić information content (AvgIpc) is 3.15. The Morgan fingerprint density at radius 1 is 0.700 bits per heavy atom. The van der Waals surface area contributed by atoms with Crippen molar-refractivity contribution in [1.29, 1.82) is 0 Å². The summed E-state index contributed by atoms with van der Waals surface area (Å²) in [4.78, 5) is 55.9. The predicted octanol–water partition coefficient (Wildman–Crippen LogP) is 6.26. The van der Waals surface area contributed by atoms with Gasteiger partial charge in [0.15, 0.2) is 11.6 Å². The Labute approximate surface area is 287 Å². The molecule has 0 spiro atoms. The van der Waals surface area contributed by atoms with Gasteiger partial charge < -0.3 is 15.7 Å². The van der Waals surface area contributed by atoms with Crippen LogP contribution in [0.25, 0.3) is 22.2 Å². The first-order valence-corrected chi connectivity index (χ1v) is 16.3. The molecule has 2 heterocycles. The average molecular weight is 674 g/mol. The number of hydroxylamine groups is 2. The molecule has 6 rings (SSSR count). The largest absolute Gasteiger partial charge is 0.478 e. The lowest BCUT2D eigenvalue weighted by Gasteiger charge is -2.25. The van der Waals surface area contributed by atoms with Gasteiger partial charge in [0, 0.05) is 23.2 Å². The number of amides is 3. The lowest BCUT2D eigenvalue weighted by Crippen LogP contribution is -2.32. The van der Waals surface area contributed by atoms with Crippen LogP contribution < -0.4 is 10.6 Å². The van der Waals surface area contributed by atoms with Crippen molar-refractivity contribution in [3.63, 3.8) is 0 Å². The van der Waals surface area contributed by atoms with E-state index in [-0.39, 0.29) is 23.1 Å². The number of benzene rings is 3. The summed E-state index contributed by atoms with van der Waals surface area (Å²) < 4.78 is 0. The van der Waals surface area contributed by atoms with E-state index in [4.69, 9.17) is 4.84 Å². The second-order valence-corrected chi connectivity index (χ2v) is 12.0. The number of aromatic nitrogens is 4. The molecule has 0 aliphatic heterocycles. The number of carboxylic acids is 1. The maximum Gasteiger partial charge on any atom is 0.336 e. The molecule has 1 saturated carbocycles. The summed E-state index contributed by atoms with van der Waals surface area (Å²) >= 11 is 0. The molecular formula is C37H35N7O6. The molecule has 3 amide bonds. The van der Waals surface area contributed by atoms with Gasteiger partial charge in [-0.05, 0) is 83.8 Å². The summed E-state index contributed by atoms with van der Waals surface area (Å²) in [7, 11) is 1.49. The third kappa shape index (κ3) is 7.79. The van der Waals surface area contributed by atoms with Crippen LogP contribution in [0.2, 0.25) is 0 Å². The summed E-state index contributed by atoms with van der Waals surface area (Å²) in [6.45, 7) is 0.521. The van der Waals surface area contributed by atoms with Crippen molar-refractivity contribution in [3.8, 4) is 11.4 Å². The van der Waals surface area contributed by atoms with Gasteiger partial charge in [-0.15, -0.1) is 20.4 Å². The lowest BCUT2D eigenvalue weighted by atomic mass is 9.87. The molecule has 0 atom stereocenters. The second-order valence-electron chi connectivity index (χ2n) is 12.0. The first-order valence-electron chi connectivity index (χ1n) is 16.3. The third-order valence-corrected chi connectivity index (χ3v) is 8.78. The standard InChI is InChI=1S/C37H35N7O6/c1-50-44(22-21-23-7-3-2-4-8-23)36(47)25-15-13-24(14-16-25)34(45)38-32-19-17-30(40-42-32)31-18-20-33(43-41-31)39-35(46)28-11-5-10-27-26(28)9-6-12-29(27)37(48)49/h5-6,9-20,23H,2-4,7-8,21-22H2,1H3,(H,48,49)(H,38,42,45)(H,39,43,46). The zero-order chi connectivity index (χ0) is 35.0. The number of hydrogen-bond acceptors (Lipinski definition) is 9. The van der Waals surface area contributed by atoms with Crippen molar-refractivity contribution >= 4 is 46.1 Å². The Kier molecular flexibility index (Phi) is 10.4. The topological polar surface area (TPSA) is 177 Å². The molecule has 2 aromatic heterocycles. The minimum atomic E-state index is -1.08. The van der Waals surface area contributed by atoms with Crippen molar-refractivity contribution in [2.45, 2.75) is 38.5 Å². The highest BCUT2D eigenvalue weighted by Crippen LogP contribution is 2.27. The molecule has 1 fully saturated rings. The van der Waals surface area contributed by atoms with E-state index in [0.717, 1.165) is 6.42 Å². The number of carbonyl (C=O) groups is 4. The zero-order valence-electron chi connectivity index (χ0n) is 27.3. The third-order valence-electron chi connectivity index (χ3n) is 8.78. The minimum Gasteiger partial charge on any atom is -0.478 e. The number of nitrogens with zero attached hydrogens (tertiary/aromatic N) is 5. The number of carboxylic acid groups (broad SMARTS) is 1. The fourth-order valence-corrected chi connectivity index (χ4v) is 6.10. The summed E-state index contributed by atoms with van der Waals surface area (Å²) in [6.07, 6.45) is 7.06. The normalized spacial score (nSPS) is 13.1. The van der Waals surface area contributed by atoms with Crippen LogP contribution >= 0.6 is 0 Å². The molecule has 13 heteroatoms. The smallest absolute Gasteiger partial charge is 0.336 e. The van der Waals surface area contributed by atoms with Crippen molar-refractivity contribution in [2.75, 3.05) is 24.3 Å². The number of aromatic carboxylic acids is 1. The van der Waals surface area contributed by atoms with Crippen LogP contribution in [0.3, 0.4) is 0 Å². The van der Waals surface area contributed by atoms with Crippen molar-refractivity contribution < 1.29 is 29.1 Å². The van der Waals surface area contributed by atoms with E-state index >= 15 is 0 Å². The highest BCUT2D eigenvalue weighted by atomic mass is 16.7. The van der Waals surface area contributed by atoms with Crippen LogP contribution in [-0.2, 0) is 4.84 Å². The summed E-state index contributed by atoms with van der Waals surface area (Å²) in [6, 6.07) is 22.3. The zero-order valence-corrected chi connectivity index (χ0v) is 27.3. The SMILES string of the molecule is CON(CCC1CCCCC1)C(=O)c1ccc(C(=O)Nc2ccc(-c3ccc(NC(=O)c4cccc5c(C(=O)O)cccc45)nn3)nn2)cc1. The van der Waals surface area contributed by atoms with Gasteiger partial charge in [0.05, 0.1) is 12.7 Å². The van der Waals surface area contributed by atoms with E-state index in [0.29, 0.717) is 51.3 Å². The Bertz CT molecular complexity index is 2010. The van der Waals surface area contributed by atoms with Crippen LogP contribution in [0.4, 0.5) is 11.6 Å². The van der Waals surface area contributed by atoms with Crippen molar-refractivity contribution in [3.05, 3.63) is 107 Å². The lowest BCUT2D eigenvalue weighted by molar-refractivity contribution is -0.0978. The van der Waals surface area contributed by atoms with Crippen LogP contribution in [0.1, 0.15) is 80.0 Å². The second kappa shape index (κ2) is 15.4. The molecule has 254 valence electrons. The molecule has 0 saturated heterocycles. The van der Waals surface area contributed by atoms with Gasteiger partial charge in [0.25, 0.3) is 17.7 Å². The van der Waals surface area contributed by atoms with Crippen LogP contribution in [-0.4, -0.2) is 67.9 Å². The number of carbonyl (C=O) groups excluding carboxylic acids is 3. The molecule has 3 aromatic carbocycles. The molecule has 0 radical (unpaired) electrons. The Balaban J connectivity index is 1.04. The minimum absolute atomic E-state index is 0.101. The van der Waals surface area contributed by atoms with Gasteiger partial charge in [-0.3, -0.25) is 19.2 Å². The number of fused-ring (bicyclic) bond motifs is 1. The van der Waals surface area contributed by atoms with E-state index in [2.05, 4.69) is 31.0 Å². The number of rotatable bonds is 11. The molecule has 5 aromatic rings. The Morgan fingerprint density at radius 2 is 1.26 bits per heavy atom. The predicted molar refractivity (Wildman–Crippen MR) is 186 cm³/mol. The van der Waals surface area contributed by atoms with E-state index in [1.54, 1.807) is 78.9 Å². The molecular weight excluding hydrogens is 638 g/mol. The van der Waals surface area contributed by atoms with Gasteiger partial charge in [-0.25, -0.2) is 9.86 Å². The molecule has 0 unspecified atom stereocenters. The quantitative estimate of drug-likeness (QED) is 0.136. The fourth-order valence-electron chi connectivity index (χ4n) is 6.10. The van der Waals surface area contributed by atoms with Crippen molar-refractivity contribution in [2.24, 2.45) is 5.92 Å². The molecule has 1 aliphatic rings. The van der Waals surface area contributed by atoms with Gasteiger partial charge in [-0.2, -0.15) is 0 Å². The first-order chi connectivity index (χ1) is 24.3. The van der Waals surface area contributed by atoms with Gasteiger partial charge in [0.2, 0.25) is 0 Å². The van der Waals surface area contributed by atoms with Gasteiger partial charge in [0.1, 0.15) is 11.4 Å². The molecule has 50 heavy (non-hydrogen) atoms. The van der Waals surface area contributed by atoms with Crippen LogP contribution in [0, 0.1) is 5.92 Å². The van der Waals surface area contributed by atoms with E-state index < -0.39 is 17.8 Å². The van der Waals surface area contributed by atoms with E-state index in [1.807, 2.05) is 0 Å². The highest BCUT2D eigenvalue weighted by Gasteiger charge is 2.20. The molecule has 13 nitrogen and oxygen atoms in total. The fraction of sp³-hybridized carbons (Fsp3) is 0.243. The number of nitrogens with one attached hydrogen (secondary N) is 2. The number of hydrogen-bond donors (Lipinski definition) is 3. The maximum absolute atomic E-state index is 13.0. The van der Waals surface area contributed by atoms with Crippen LogP contribution in [0.5, 0.6) is 0 Å². The number of anilines is 2. The van der Waals surface area contributed by atoms with Gasteiger partial charge >= 0.3 is 5.97 Å². The Hall–Kier alpha value is -6.08. The first kappa shape index (κ1) is 33.8. The van der Waals surface area contributed by atoms with E-state index in [9.17, 15) is 24.3 Å². The monoisotopic (exact) mass is 673 g/mol. The van der Waals surface area contributed by atoms with Crippen LogP contribution in [0.15, 0.2) is 84.9 Å². The summed E-state index contributed by atoms with van der Waals surface area (Å²) in [5, 5.41) is 33.6. The maximum atomic E-state index is 13.0. The molecule has 1 aliphatic carbocycles. The summed E-state index contributed by atoms with van der Waals surface area (Å²) in [5.74, 6) is -1.21. The van der Waals surface area contributed by atoms with E-state index in [1.165, 1.54) is 50.3 Å². The highest BCUT2D eigenvalue weighted by molar-refractivity contribution is 6.15. The van der Waals surface area contributed by atoms with Crippen molar-refractivity contribution in [1.82, 2.24) is 25.5 Å².